The minimum atomic E-state index is -0.438. The van der Waals surface area contributed by atoms with Gasteiger partial charge in [0.05, 0.1) is 12.2 Å². The van der Waals surface area contributed by atoms with Crippen molar-refractivity contribution in [3.05, 3.63) is 29.8 Å². The molecule has 2 unspecified atom stereocenters. The molecule has 130 valence electrons. The molecular formula is C18H25N3O3. The maximum Gasteiger partial charge on any atom is 0.321 e. The summed E-state index contributed by atoms with van der Waals surface area (Å²) in [5.41, 5.74) is 0.373. The smallest absolute Gasteiger partial charge is 0.321 e. The van der Waals surface area contributed by atoms with Crippen molar-refractivity contribution in [1.82, 2.24) is 15.5 Å². The maximum atomic E-state index is 12.3. The Kier molecular flexibility index (Phi) is 5.04. The number of carbonyl (C=O) groups excluding carboxylic acids is 2. The first-order valence-corrected chi connectivity index (χ1v) is 8.64. The Bertz CT molecular complexity index is 605. The van der Waals surface area contributed by atoms with E-state index >= 15 is 0 Å². The number of imide groups is 1. The van der Waals surface area contributed by atoms with Gasteiger partial charge in [-0.05, 0) is 51.8 Å². The van der Waals surface area contributed by atoms with Gasteiger partial charge < -0.3 is 15.0 Å². The molecule has 6 heteroatoms. The monoisotopic (exact) mass is 331 g/mol. The zero-order valence-electron chi connectivity index (χ0n) is 14.2. The highest BCUT2D eigenvalue weighted by Crippen LogP contribution is 2.34. The highest BCUT2D eigenvalue weighted by Gasteiger charge is 2.38. The summed E-state index contributed by atoms with van der Waals surface area (Å²) in [5, 5.41) is 5.38. The van der Waals surface area contributed by atoms with Crippen molar-refractivity contribution in [1.29, 1.82) is 0 Å². The van der Waals surface area contributed by atoms with Crippen LogP contribution in [0.3, 0.4) is 0 Å². The first-order chi connectivity index (χ1) is 11.6. The lowest BCUT2D eigenvalue weighted by Gasteiger charge is -2.36. The van der Waals surface area contributed by atoms with Crippen molar-refractivity contribution in [3.63, 3.8) is 0 Å². The minimum absolute atomic E-state index is 0.133. The van der Waals surface area contributed by atoms with Crippen LogP contribution in [0.2, 0.25) is 0 Å². The van der Waals surface area contributed by atoms with Gasteiger partial charge in [0.25, 0.3) is 5.91 Å². The van der Waals surface area contributed by atoms with E-state index in [0.29, 0.717) is 30.0 Å². The summed E-state index contributed by atoms with van der Waals surface area (Å²) in [6.07, 6.45) is 4.29. The van der Waals surface area contributed by atoms with E-state index in [2.05, 4.69) is 22.6 Å². The number of hydrogen-bond donors (Lipinski definition) is 2. The van der Waals surface area contributed by atoms with Crippen LogP contribution in [0.1, 0.15) is 43.0 Å². The van der Waals surface area contributed by atoms with Crippen molar-refractivity contribution in [3.8, 4) is 5.75 Å². The molecule has 6 nitrogen and oxygen atoms in total. The summed E-state index contributed by atoms with van der Waals surface area (Å²) in [5.74, 6) is 0.0510. The molecule has 3 amide bonds. The zero-order chi connectivity index (χ0) is 17.1. The first kappa shape index (κ1) is 16.8. The summed E-state index contributed by atoms with van der Waals surface area (Å²) in [7, 11) is 2.16. The molecule has 2 heterocycles. The SMILES string of the molecule is CCOc1ccccc1C(=O)NC(=O)NC1CC2CCC(C1)N2C. The van der Waals surface area contributed by atoms with Crippen LogP contribution in [0.4, 0.5) is 4.79 Å². The van der Waals surface area contributed by atoms with E-state index in [1.54, 1.807) is 24.3 Å². The highest BCUT2D eigenvalue weighted by molar-refractivity contribution is 6.05. The van der Waals surface area contributed by atoms with Gasteiger partial charge in [0.15, 0.2) is 0 Å². The van der Waals surface area contributed by atoms with Crippen molar-refractivity contribution in [2.24, 2.45) is 0 Å². The van der Waals surface area contributed by atoms with E-state index in [4.69, 9.17) is 4.74 Å². The topological polar surface area (TPSA) is 70.7 Å². The quantitative estimate of drug-likeness (QED) is 0.887. The van der Waals surface area contributed by atoms with Gasteiger partial charge in [-0.2, -0.15) is 0 Å². The Morgan fingerprint density at radius 3 is 2.54 bits per heavy atom. The van der Waals surface area contributed by atoms with Gasteiger partial charge in [0, 0.05) is 18.1 Å². The van der Waals surface area contributed by atoms with E-state index in [1.807, 2.05) is 6.92 Å². The summed E-state index contributed by atoms with van der Waals surface area (Å²) in [6.45, 7) is 2.32. The van der Waals surface area contributed by atoms with E-state index in [1.165, 1.54) is 12.8 Å². The second-order valence-corrected chi connectivity index (χ2v) is 6.58. The molecule has 0 aromatic heterocycles. The molecule has 2 atom stereocenters. The third-order valence-electron chi connectivity index (χ3n) is 5.09. The molecular weight excluding hydrogens is 306 g/mol. The third kappa shape index (κ3) is 3.53. The Labute approximate surface area is 142 Å². The summed E-state index contributed by atoms with van der Waals surface area (Å²) < 4.78 is 5.44. The van der Waals surface area contributed by atoms with Gasteiger partial charge >= 0.3 is 6.03 Å². The maximum absolute atomic E-state index is 12.3. The van der Waals surface area contributed by atoms with Crippen molar-refractivity contribution in [2.45, 2.75) is 50.7 Å². The Morgan fingerprint density at radius 1 is 1.21 bits per heavy atom. The number of nitrogens with zero attached hydrogens (tertiary/aromatic N) is 1. The summed E-state index contributed by atoms with van der Waals surface area (Å²) >= 11 is 0. The Balaban J connectivity index is 1.56. The van der Waals surface area contributed by atoms with E-state index in [9.17, 15) is 9.59 Å². The zero-order valence-corrected chi connectivity index (χ0v) is 14.2. The number of amides is 3. The number of hydrogen-bond acceptors (Lipinski definition) is 4. The number of carbonyl (C=O) groups is 2. The average Bonchev–Trinajstić information content (AvgIpc) is 2.77. The van der Waals surface area contributed by atoms with Gasteiger partial charge in [-0.25, -0.2) is 4.79 Å². The molecule has 2 N–H and O–H groups in total. The van der Waals surface area contributed by atoms with Crippen LogP contribution < -0.4 is 15.4 Å². The molecule has 3 rings (SSSR count). The van der Waals surface area contributed by atoms with Gasteiger partial charge in [0.1, 0.15) is 5.75 Å². The highest BCUT2D eigenvalue weighted by atomic mass is 16.5. The van der Waals surface area contributed by atoms with Crippen LogP contribution >= 0.6 is 0 Å². The minimum Gasteiger partial charge on any atom is -0.493 e. The largest absolute Gasteiger partial charge is 0.493 e. The predicted octanol–water partition coefficient (Wildman–Crippen LogP) is 2.15. The normalized spacial score (nSPS) is 26.0. The molecule has 2 saturated heterocycles. The lowest BCUT2D eigenvalue weighted by Crippen LogP contribution is -2.51. The third-order valence-corrected chi connectivity index (χ3v) is 5.09. The molecule has 1 aromatic rings. The molecule has 0 radical (unpaired) electrons. The molecule has 0 saturated carbocycles. The van der Waals surface area contributed by atoms with Crippen molar-refractivity contribution < 1.29 is 14.3 Å². The van der Waals surface area contributed by atoms with Gasteiger partial charge in [-0.15, -0.1) is 0 Å². The standard InChI is InChI=1S/C18H25N3O3/c1-3-24-16-7-5-4-6-15(16)17(22)20-18(23)19-12-10-13-8-9-14(11-12)21(13)2/h4-7,12-14H,3,8-11H2,1-2H3,(H2,19,20,22,23). The van der Waals surface area contributed by atoms with Gasteiger partial charge in [-0.1, -0.05) is 12.1 Å². The van der Waals surface area contributed by atoms with E-state index < -0.39 is 11.9 Å². The summed E-state index contributed by atoms with van der Waals surface area (Å²) in [6, 6.07) is 7.73. The molecule has 2 aliphatic rings. The molecule has 2 aliphatic heterocycles. The average molecular weight is 331 g/mol. The number of benzene rings is 1. The molecule has 0 spiro atoms. The lowest BCUT2D eigenvalue weighted by molar-refractivity contribution is 0.0956. The van der Waals surface area contributed by atoms with Crippen LogP contribution in [0.25, 0.3) is 0 Å². The fraction of sp³-hybridized carbons (Fsp3) is 0.556. The van der Waals surface area contributed by atoms with Crippen molar-refractivity contribution in [2.75, 3.05) is 13.7 Å². The Hall–Kier alpha value is -2.08. The molecule has 24 heavy (non-hydrogen) atoms. The first-order valence-electron chi connectivity index (χ1n) is 8.64. The number of para-hydroxylation sites is 1. The number of urea groups is 1. The van der Waals surface area contributed by atoms with Gasteiger partial charge in [-0.3, -0.25) is 10.1 Å². The fourth-order valence-corrected chi connectivity index (χ4v) is 3.86. The van der Waals surface area contributed by atoms with Crippen molar-refractivity contribution >= 4 is 11.9 Å². The fourth-order valence-electron chi connectivity index (χ4n) is 3.86. The molecule has 2 bridgehead atoms. The number of rotatable bonds is 4. The van der Waals surface area contributed by atoms with Gasteiger partial charge in [0.2, 0.25) is 0 Å². The lowest BCUT2D eigenvalue weighted by atomic mass is 9.98. The molecule has 1 aromatic carbocycles. The van der Waals surface area contributed by atoms with Crippen LogP contribution in [-0.4, -0.2) is 48.6 Å². The predicted molar refractivity (Wildman–Crippen MR) is 91.2 cm³/mol. The number of nitrogens with one attached hydrogen (secondary N) is 2. The second-order valence-electron chi connectivity index (χ2n) is 6.58. The Morgan fingerprint density at radius 2 is 1.88 bits per heavy atom. The van der Waals surface area contributed by atoms with Crippen LogP contribution in [-0.2, 0) is 0 Å². The van der Waals surface area contributed by atoms with E-state index in [0.717, 1.165) is 12.8 Å². The number of piperidine rings is 1. The van der Waals surface area contributed by atoms with Crippen LogP contribution in [0, 0.1) is 0 Å². The van der Waals surface area contributed by atoms with Crippen LogP contribution in [0.15, 0.2) is 24.3 Å². The number of fused-ring (bicyclic) bond motifs is 2. The second kappa shape index (κ2) is 7.21. The number of ether oxygens (including phenoxy) is 1. The molecule has 0 aliphatic carbocycles. The molecule has 2 fully saturated rings. The van der Waals surface area contributed by atoms with E-state index in [-0.39, 0.29) is 6.04 Å². The summed E-state index contributed by atoms with van der Waals surface area (Å²) in [4.78, 5) is 26.9. The van der Waals surface area contributed by atoms with Crippen LogP contribution in [0.5, 0.6) is 5.75 Å².